The van der Waals surface area contributed by atoms with E-state index in [1.54, 1.807) is 54.6 Å². The van der Waals surface area contributed by atoms with Gasteiger partial charge in [-0.3, -0.25) is 24.6 Å². The van der Waals surface area contributed by atoms with Gasteiger partial charge in [-0.15, -0.1) is 13.2 Å². The highest BCUT2D eigenvalue weighted by atomic mass is 19.4. The number of carbonyl (C=O) groups excluding carboxylic acids is 2. The molecule has 2 N–H and O–H groups in total. The van der Waals surface area contributed by atoms with Crippen molar-refractivity contribution in [1.82, 2.24) is 14.8 Å². The molecule has 4 aliphatic rings. The molecular formula is C42H45F6N5O4. The minimum atomic E-state index is -4.88. The highest BCUT2D eigenvalue weighted by Crippen LogP contribution is 2.41. The first-order chi connectivity index (χ1) is 27.1. The number of amides is 2. The number of pyridine rings is 1. The number of alkyl halides is 6. The second kappa shape index (κ2) is 16.4. The third-order valence-corrected chi connectivity index (χ3v) is 11.6. The Morgan fingerprint density at radius 3 is 2.30 bits per heavy atom. The first-order valence-electron chi connectivity index (χ1n) is 19.3. The maximum atomic E-state index is 14.3. The van der Waals surface area contributed by atoms with Crippen molar-refractivity contribution in [2.75, 3.05) is 42.9 Å². The predicted molar refractivity (Wildman–Crippen MR) is 205 cm³/mol. The van der Waals surface area contributed by atoms with Crippen molar-refractivity contribution >= 4 is 39.5 Å². The summed E-state index contributed by atoms with van der Waals surface area (Å²) in [7, 11) is 1.61. The first-order valence-corrected chi connectivity index (χ1v) is 19.3. The number of ether oxygens (including phenoxy) is 1. The number of aryl methyl sites for hydroxylation is 1. The number of allylic oxidation sites excluding steroid dienone is 5. The van der Waals surface area contributed by atoms with Gasteiger partial charge in [0, 0.05) is 68.0 Å². The minimum absolute atomic E-state index is 0.0323. The molecule has 0 radical (unpaired) electrons. The van der Waals surface area contributed by atoms with E-state index in [0.717, 1.165) is 56.8 Å². The number of carbonyl (C=O) groups is 2. The molecular weight excluding hydrogens is 752 g/mol. The number of nitrogens with zero attached hydrogens (tertiary/aromatic N) is 3. The standard InChI is InChI=1S/C42H45F6N5O4/c1-51-25-34(32-6-2-3-7-33(32)40(51)56)29-9-8-26(21-31(22-29)57-42(46,47)48)24-52-17-4-5-27(14-18-52)28-15-19-53(20-16-28)37-12-10-30(23-35(37)41(43,44)45)49-36-11-13-38(54)50-39(36)55/h2-3,6-10,12,22-23,25,27-28,36,49H,4-5,11,13-21,24H2,1H3,(H,50,54,55). The molecule has 57 heavy (non-hydrogen) atoms. The van der Waals surface area contributed by atoms with Gasteiger partial charge in [0.2, 0.25) is 11.8 Å². The first kappa shape index (κ1) is 40.2. The number of hydrogen-bond acceptors (Lipinski definition) is 7. The van der Waals surface area contributed by atoms with Crippen LogP contribution in [0.3, 0.4) is 0 Å². The topological polar surface area (TPSA) is 95.9 Å². The highest BCUT2D eigenvalue weighted by molar-refractivity contribution is 6.01. The van der Waals surface area contributed by atoms with E-state index in [2.05, 4.69) is 20.3 Å². The van der Waals surface area contributed by atoms with Crippen LogP contribution in [0.15, 0.2) is 83.0 Å². The molecule has 1 aromatic heterocycles. The molecule has 3 aromatic rings. The lowest BCUT2D eigenvalue weighted by Crippen LogP contribution is -2.47. The fraction of sp³-hybridized carbons (Fsp3) is 0.452. The summed E-state index contributed by atoms with van der Waals surface area (Å²) in [5.41, 5.74) is 1.16. The normalized spacial score (nSPS) is 21.9. The van der Waals surface area contributed by atoms with E-state index < -0.39 is 36.0 Å². The zero-order valence-electron chi connectivity index (χ0n) is 31.5. The largest absolute Gasteiger partial charge is 0.572 e. The van der Waals surface area contributed by atoms with Crippen molar-refractivity contribution in [2.45, 2.75) is 69.9 Å². The second-order valence-electron chi connectivity index (χ2n) is 15.5. The summed E-state index contributed by atoms with van der Waals surface area (Å²) >= 11 is 0. The van der Waals surface area contributed by atoms with Crippen LogP contribution in [-0.4, -0.2) is 66.4 Å². The van der Waals surface area contributed by atoms with Crippen molar-refractivity contribution in [3.8, 4) is 0 Å². The lowest BCUT2D eigenvalue weighted by Gasteiger charge is -2.38. The van der Waals surface area contributed by atoms with Crippen LogP contribution in [0.1, 0.15) is 62.5 Å². The van der Waals surface area contributed by atoms with Crippen LogP contribution in [0.25, 0.3) is 16.3 Å². The average Bonchev–Trinajstić information content (AvgIpc) is 3.51. The van der Waals surface area contributed by atoms with E-state index in [1.807, 2.05) is 6.08 Å². The zero-order chi connectivity index (χ0) is 40.5. The fourth-order valence-electron chi connectivity index (χ4n) is 8.77. The Bertz CT molecular complexity index is 2170. The maximum absolute atomic E-state index is 14.3. The summed E-state index contributed by atoms with van der Waals surface area (Å²) in [6.45, 7) is 2.89. The lowest BCUT2D eigenvalue weighted by atomic mass is 9.80. The monoisotopic (exact) mass is 797 g/mol. The quantitative estimate of drug-likeness (QED) is 0.177. The van der Waals surface area contributed by atoms with Gasteiger partial charge < -0.3 is 19.5 Å². The zero-order valence-corrected chi connectivity index (χ0v) is 31.5. The molecule has 1 aliphatic carbocycles. The van der Waals surface area contributed by atoms with Crippen LogP contribution in [0.2, 0.25) is 0 Å². The second-order valence-corrected chi connectivity index (χ2v) is 15.5. The number of anilines is 2. The maximum Gasteiger partial charge on any atom is 0.572 e. The van der Waals surface area contributed by atoms with Crippen molar-refractivity contribution < 1.29 is 40.7 Å². The summed E-state index contributed by atoms with van der Waals surface area (Å²) in [6.07, 6.45) is 1.64. The van der Waals surface area contributed by atoms with Gasteiger partial charge in [-0.05, 0) is 110 Å². The predicted octanol–water partition coefficient (Wildman–Crippen LogP) is 7.93. The van der Waals surface area contributed by atoms with Crippen molar-refractivity contribution in [1.29, 1.82) is 0 Å². The Kier molecular flexibility index (Phi) is 11.6. The van der Waals surface area contributed by atoms with Crippen LogP contribution >= 0.6 is 0 Å². The molecule has 7 rings (SSSR count). The van der Waals surface area contributed by atoms with Gasteiger partial charge in [0.25, 0.3) is 5.56 Å². The third kappa shape index (κ3) is 9.57. The van der Waals surface area contributed by atoms with Crippen LogP contribution in [0.4, 0.5) is 37.7 Å². The molecule has 0 spiro atoms. The van der Waals surface area contributed by atoms with E-state index >= 15 is 0 Å². The molecule has 2 aromatic carbocycles. The Hall–Kier alpha value is -5.05. The molecule has 0 saturated carbocycles. The van der Waals surface area contributed by atoms with Crippen molar-refractivity contribution in [3.05, 3.63) is 99.7 Å². The molecule has 2 atom stereocenters. The fourth-order valence-corrected chi connectivity index (χ4v) is 8.77. The number of likely N-dealkylation sites (tertiary alicyclic amines) is 1. The smallest absolute Gasteiger partial charge is 0.410 e. The van der Waals surface area contributed by atoms with Crippen LogP contribution in [-0.2, 0) is 27.5 Å². The third-order valence-electron chi connectivity index (χ3n) is 11.6. The molecule has 3 fully saturated rings. The molecule has 304 valence electrons. The van der Waals surface area contributed by atoms with E-state index in [-0.39, 0.29) is 42.0 Å². The van der Waals surface area contributed by atoms with E-state index in [1.165, 1.54) is 16.7 Å². The van der Waals surface area contributed by atoms with Gasteiger partial charge in [0.15, 0.2) is 0 Å². The Balaban J connectivity index is 0.996. The van der Waals surface area contributed by atoms with Gasteiger partial charge in [0.1, 0.15) is 11.8 Å². The number of rotatable bonds is 8. The van der Waals surface area contributed by atoms with E-state index in [4.69, 9.17) is 0 Å². The summed E-state index contributed by atoms with van der Waals surface area (Å²) in [6, 6.07) is 10.2. The Labute approximate surface area is 326 Å². The Morgan fingerprint density at radius 2 is 1.58 bits per heavy atom. The molecule has 3 saturated heterocycles. The average molecular weight is 798 g/mol. The van der Waals surface area contributed by atoms with Crippen molar-refractivity contribution in [3.63, 3.8) is 0 Å². The summed E-state index contributed by atoms with van der Waals surface area (Å²) < 4.78 is 89.8. The molecule has 15 heteroatoms. The summed E-state index contributed by atoms with van der Waals surface area (Å²) in [4.78, 5) is 40.5. The molecule has 2 amide bonds. The number of piperidine rings is 2. The number of halogens is 6. The number of imide groups is 1. The minimum Gasteiger partial charge on any atom is -0.410 e. The number of nitrogens with one attached hydrogen (secondary N) is 2. The Morgan fingerprint density at radius 1 is 0.860 bits per heavy atom. The van der Waals surface area contributed by atoms with Gasteiger partial charge in [0.05, 0.1) is 5.56 Å². The SMILES string of the molecule is Cn1cc(C2=CC=C(CN3CCCC(C4CCN(c5ccc(NC6CCC(=O)NC6=O)cc5C(F)(F)F)CC4)CC3)CC(OC(F)(F)F)=C2)c2ccccc2c1=O. The molecule has 4 heterocycles. The highest BCUT2D eigenvalue weighted by Gasteiger charge is 2.38. The van der Waals surface area contributed by atoms with Gasteiger partial charge >= 0.3 is 12.5 Å². The van der Waals surface area contributed by atoms with E-state index in [0.29, 0.717) is 53.4 Å². The van der Waals surface area contributed by atoms with E-state index in [9.17, 15) is 40.7 Å². The summed E-state index contributed by atoms with van der Waals surface area (Å²) in [5, 5.41) is 6.16. The number of aromatic nitrogens is 1. The van der Waals surface area contributed by atoms with Gasteiger partial charge in [-0.25, -0.2) is 0 Å². The van der Waals surface area contributed by atoms with Gasteiger partial charge in [-0.1, -0.05) is 30.4 Å². The molecule has 0 bridgehead atoms. The van der Waals surface area contributed by atoms with Crippen molar-refractivity contribution in [2.24, 2.45) is 18.9 Å². The number of hydrogen-bond donors (Lipinski definition) is 2. The van der Waals surface area contributed by atoms with Gasteiger partial charge in [-0.2, -0.15) is 13.2 Å². The number of fused-ring (bicyclic) bond motifs is 1. The van der Waals surface area contributed by atoms with Crippen LogP contribution in [0, 0.1) is 11.8 Å². The molecule has 9 nitrogen and oxygen atoms in total. The molecule has 3 aliphatic heterocycles. The lowest BCUT2D eigenvalue weighted by molar-refractivity contribution is -0.306. The molecule has 2 unspecified atom stereocenters. The summed E-state index contributed by atoms with van der Waals surface area (Å²) in [5.74, 6) is -0.495. The number of benzene rings is 2. The van der Waals surface area contributed by atoms with Crippen LogP contribution < -0.4 is 21.1 Å². The van der Waals surface area contributed by atoms with Crippen LogP contribution in [0.5, 0.6) is 0 Å².